The summed E-state index contributed by atoms with van der Waals surface area (Å²) in [6.45, 7) is 4.62. The zero-order chi connectivity index (χ0) is 13.9. The molecule has 1 heteroatoms. The van der Waals surface area contributed by atoms with E-state index in [0.29, 0.717) is 11.7 Å². The molecular formula is C18H34O. The lowest BCUT2D eigenvalue weighted by Gasteiger charge is -2.20. The second-order valence-electron chi connectivity index (χ2n) is 6.86. The molecule has 1 nitrogen and oxygen atoms in total. The lowest BCUT2D eigenvalue weighted by atomic mass is 9.84. The quantitative estimate of drug-likeness (QED) is 0.449. The van der Waals surface area contributed by atoms with Gasteiger partial charge in [-0.1, -0.05) is 71.6 Å². The molecule has 0 radical (unpaired) electrons. The molecule has 0 aliphatic heterocycles. The molecule has 0 spiro atoms. The summed E-state index contributed by atoms with van der Waals surface area (Å²) in [5.74, 6) is 1.85. The van der Waals surface area contributed by atoms with Crippen LogP contribution in [0, 0.1) is 11.8 Å². The van der Waals surface area contributed by atoms with Gasteiger partial charge in [0.05, 0.1) is 0 Å². The fourth-order valence-corrected chi connectivity index (χ4v) is 3.19. The van der Waals surface area contributed by atoms with Crippen molar-refractivity contribution < 1.29 is 4.79 Å². The normalized spacial score (nSPS) is 20.2. The molecule has 1 atom stereocenters. The van der Waals surface area contributed by atoms with Gasteiger partial charge < -0.3 is 0 Å². The average Bonchev–Trinajstić information content (AvgIpc) is 2.38. The van der Waals surface area contributed by atoms with Crippen molar-refractivity contribution >= 4 is 5.78 Å². The summed E-state index contributed by atoms with van der Waals surface area (Å²) < 4.78 is 0. The van der Waals surface area contributed by atoms with Gasteiger partial charge in [-0.3, -0.25) is 4.79 Å². The molecule has 0 amide bonds. The van der Waals surface area contributed by atoms with Crippen LogP contribution in [0.3, 0.4) is 0 Å². The lowest BCUT2D eigenvalue weighted by Crippen LogP contribution is -2.18. The molecule has 0 heterocycles. The number of carbonyl (C=O) groups is 1. The zero-order valence-electron chi connectivity index (χ0n) is 13.3. The van der Waals surface area contributed by atoms with Gasteiger partial charge in [0.15, 0.2) is 0 Å². The molecule has 1 saturated carbocycles. The van der Waals surface area contributed by atoms with E-state index in [-0.39, 0.29) is 0 Å². The largest absolute Gasteiger partial charge is 0.299 e. The van der Waals surface area contributed by atoms with Crippen LogP contribution in [0.25, 0.3) is 0 Å². The fourth-order valence-electron chi connectivity index (χ4n) is 3.19. The molecule has 0 aromatic carbocycles. The summed E-state index contributed by atoms with van der Waals surface area (Å²) in [6.07, 6.45) is 16.7. The molecule has 1 aliphatic rings. The van der Waals surface area contributed by atoms with E-state index in [0.717, 1.165) is 18.8 Å². The highest BCUT2D eigenvalue weighted by molar-refractivity contribution is 5.81. The number of ketones is 1. The molecular weight excluding hydrogens is 232 g/mol. The predicted molar refractivity (Wildman–Crippen MR) is 83.4 cm³/mol. The maximum atomic E-state index is 11.7. The zero-order valence-corrected chi connectivity index (χ0v) is 13.3. The summed E-state index contributed by atoms with van der Waals surface area (Å²) in [6, 6.07) is 0. The van der Waals surface area contributed by atoms with Gasteiger partial charge in [-0.25, -0.2) is 0 Å². The van der Waals surface area contributed by atoms with E-state index in [9.17, 15) is 4.79 Å². The second-order valence-corrected chi connectivity index (χ2v) is 6.86. The van der Waals surface area contributed by atoms with Crippen molar-refractivity contribution in [3.05, 3.63) is 0 Å². The Morgan fingerprint density at radius 2 is 1.58 bits per heavy atom. The first-order valence-electron chi connectivity index (χ1n) is 8.73. The Bertz CT molecular complexity index is 232. The van der Waals surface area contributed by atoms with Gasteiger partial charge in [0.25, 0.3) is 0 Å². The van der Waals surface area contributed by atoms with Crippen LogP contribution in [0.5, 0.6) is 0 Å². The SMILES string of the molecule is CC(C)CCCCCCCCCC1CCCCC1=O. The minimum Gasteiger partial charge on any atom is -0.299 e. The molecule has 1 unspecified atom stereocenters. The molecule has 19 heavy (non-hydrogen) atoms. The highest BCUT2D eigenvalue weighted by atomic mass is 16.1. The summed E-state index contributed by atoms with van der Waals surface area (Å²) >= 11 is 0. The fraction of sp³-hybridized carbons (Fsp3) is 0.944. The topological polar surface area (TPSA) is 17.1 Å². The van der Waals surface area contributed by atoms with Gasteiger partial charge in [-0.2, -0.15) is 0 Å². The van der Waals surface area contributed by atoms with Crippen molar-refractivity contribution in [1.82, 2.24) is 0 Å². The van der Waals surface area contributed by atoms with Crippen molar-refractivity contribution in [2.24, 2.45) is 11.8 Å². The van der Waals surface area contributed by atoms with Crippen molar-refractivity contribution in [1.29, 1.82) is 0 Å². The molecule has 1 fully saturated rings. The van der Waals surface area contributed by atoms with Gasteiger partial charge in [0, 0.05) is 12.3 Å². The predicted octanol–water partition coefficient (Wildman–Crippen LogP) is 5.91. The molecule has 1 rings (SSSR count). The van der Waals surface area contributed by atoms with Crippen LogP contribution in [-0.4, -0.2) is 5.78 Å². The Morgan fingerprint density at radius 1 is 0.947 bits per heavy atom. The standard InChI is InChI=1S/C18H34O/c1-16(2)12-8-6-4-3-5-7-9-13-17-14-10-11-15-18(17)19/h16-17H,3-15H2,1-2H3. The maximum absolute atomic E-state index is 11.7. The van der Waals surface area contributed by atoms with Crippen LogP contribution in [0.15, 0.2) is 0 Å². The third-order valence-corrected chi connectivity index (χ3v) is 4.52. The molecule has 112 valence electrons. The van der Waals surface area contributed by atoms with Crippen molar-refractivity contribution in [3.8, 4) is 0 Å². The van der Waals surface area contributed by atoms with Gasteiger partial charge in [0.2, 0.25) is 0 Å². The summed E-state index contributed by atoms with van der Waals surface area (Å²) in [4.78, 5) is 11.7. The first kappa shape index (κ1) is 16.7. The molecule has 0 saturated heterocycles. The Hall–Kier alpha value is -0.330. The van der Waals surface area contributed by atoms with Gasteiger partial charge >= 0.3 is 0 Å². The van der Waals surface area contributed by atoms with Crippen LogP contribution in [-0.2, 0) is 4.79 Å². The maximum Gasteiger partial charge on any atom is 0.135 e. The van der Waals surface area contributed by atoms with Crippen molar-refractivity contribution in [2.75, 3.05) is 0 Å². The van der Waals surface area contributed by atoms with Crippen molar-refractivity contribution in [2.45, 2.75) is 97.3 Å². The van der Waals surface area contributed by atoms with E-state index in [1.54, 1.807) is 0 Å². The van der Waals surface area contributed by atoms with Crippen LogP contribution in [0.4, 0.5) is 0 Å². The van der Waals surface area contributed by atoms with Crippen LogP contribution in [0.1, 0.15) is 97.3 Å². The van der Waals surface area contributed by atoms with Gasteiger partial charge in [-0.15, -0.1) is 0 Å². The van der Waals surface area contributed by atoms with E-state index in [2.05, 4.69) is 13.8 Å². The first-order valence-corrected chi connectivity index (χ1v) is 8.73. The molecule has 0 aromatic rings. The Morgan fingerprint density at radius 3 is 2.21 bits per heavy atom. The molecule has 0 aromatic heterocycles. The summed E-state index contributed by atoms with van der Waals surface area (Å²) in [5, 5.41) is 0. The van der Waals surface area contributed by atoms with E-state index in [4.69, 9.17) is 0 Å². The molecule has 0 N–H and O–H groups in total. The first-order chi connectivity index (χ1) is 9.20. The monoisotopic (exact) mass is 266 g/mol. The number of rotatable bonds is 10. The highest BCUT2D eigenvalue weighted by Crippen LogP contribution is 2.25. The number of unbranched alkanes of at least 4 members (excludes halogenated alkanes) is 6. The van der Waals surface area contributed by atoms with Crippen molar-refractivity contribution in [3.63, 3.8) is 0 Å². The number of hydrogen-bond acceptors (Lipinski definition) is 1. The van der Waals surface area contributed by atoms with E-state index in [1.165, 1.54) is 70.6 Å². The Balaban J connectivity index is 1.84. The van der Waals surface area contributed by atoms with E-state index >= 15 is 0 Å². The highest BCUT2D eigenvalue weighted by Gasteiger charge is 2.20. The van der Waals surface area contributed by atoms with Gasteiger partial charge in [0.1, 0.15) is 5.78 Å². The van der Waals surface area contributed by atoms with Crippen LogP contribution in [0.2, 0.25) is 0 Å². The van der Waals surface area contributed by atoms with Gasteiger partial charge in [-0.05, 0) is 25.2 Å². The minimum atomic E-state index is 0.430. The smallest absolute Gasteiger partial charge is 0.135 e. The third kappa shape index (κ3) is 8.44. The summed E-state index contributed by atoms with van der Waals surface area (Å²) in [5.41, 5.74) is 0. The Kier molecular flexibility index (Phi) is 9.20. The van der Waals surface area contributed by atoms with Crippen LogP contribution >= 0.6 is 0 Å². The Labute approximate surface area is 120 Å². The molecule has 0 bridgehead atoms. The minimum absolute atomic E-state index is 0.430. The number of carbonyl (C=O) groups excluding carboxylic acids is 1. The van der Waals surface area contributed by atoms with E-state index < -0.39 is 0 Å². The number of hydrogen-bond donors (Lipinski definition) is 0. The number of Topliss-reactive ketones (excluding diaryl/α,β-unsaturated/α-hetero) is 1. The van der Waals surface area contributed by atoms with Crippen LogP contribution < -0.4 is 0 Å². The average molecular weight is 266 g/mol. The second kappa shape index (κ2) is 10.5. The third-order valence-electron chi connectivity index (χ3n) is 4.52. The van der Waals surface area contributed by atoms with E-state index in [1.807, 2.05) is 0 Å². The lowest BCUT2D eigenvalue weighted by molar-refractivity contribution is -0.124. The molecule has 1 aliphatic carbocycles. The summed E-state index contributed by atoms with van der Waals surface area (Å²) in [7, 11) is 0.